The van der Waals surface area contributed by atoms with Crippen molar-refractivity contribution in [1.82, 2.24) is 9.88 Å². The van der Waals surface area contributed by atoms with E-state index < -0.39 is 0 Å². The van der Waals surface area contributed by atoms with Gasteiger partial charge in [0.1, 0.15) is 5.82 Å². The van der Waals surface area contributed by atoms with Gasteiger partial charge in [0, 0.05) is 25.8 Å². The van der Waals surface area contributed by atoms with Crippen molar-refractivity contribution in [1.29, 1.82) is 0 Å². The summed E-state index contributed by atoms with van der Waals surface area (Å²) in [6.07, 6.45) is 6.66. The SMILES string of the molecule is CCNc1ncc(C(=O)N(CC2CC2)CC2CC2)cc1Cl. The first-order valence-corrected chi connectivity index (χ1v) is 8.24. The number of nitrogens with one attached hydrogen (secondary N) is 1. The van der Waals surface area contributed by atoms with Crippen molar-refractivity contribution in [2.45, 2.75) is 32.6 Å². The van der Waals surface area contributed by atoms with Crippen LogP contribution in [0.5, 0.6) is 0 Å². The zero-order valence-electron chi connectivity index (χ0n) is 12.4. The fourth-order valence-corrected chi connectivity index (χ4v) is 2.73. The Labute approximate surface area is 130 Å². The molecule has 1 heterocycles. The number of aromatic nitrogens is 1. The first kappa shape index (κ1) is 14.6. The summed E-state index contributed by atoms with van der Waals surface area (Å²) in [5.41, 5.74) is 0.600. The lowest BCUT2D eigenvalue weighted by atomic mass is 10.2. The summed E-state index contributed by atoms with van der Waals surface area (Å²) in [6.45, 7) is 4.53. The van der Waals surface area contributed by atoms with Gasteiger partial charge in [-0.2, -0.15) is 0 Å². The third-order valence-electron chi connectivity index (χ3n) is 4.07. The molecule has 0 unspecified atom stereocenters. The second-order valence-corrected chi connectivity index (χ2v) is 6.59. The summed E-state index contributed by atoms with van der Waals surface area (Å²) in [7, 11) is 0. The van der Waals surface area contributed by atoms with Crippen LogP contribution in [0, 0.1) is 11.8 Å². The second kappa shape index (κ2) is 6.22. The van der Waals surface area contributed by atoms with Crippen LogP contribution in [-0.4, -0.2) is 35.4 Å². The van der Waals surface area contributed by atoms with Crippen molar-refractivity contribution < 1.29 is 4.79 Å². The summed E-state index contributed by atoms with van der Waals surface area (Å²) in [5.74, 6) is 2.13. The highest BCUT2D eigenvalue weighted by Gasteiger charge is 2.32. The average molecular weight is 308 g/mol. The Hall–Kier alpha value is -1.29. The number of hydrogen-bond donors (Lipinski definition) is 1. The minimum absolute atomic E-state index is 0.0752. The van der Waals surface area contributed by atoms with Gasteiger partial charge in [-0.15, -0.1) is 0 Å². The molecular formula is C16H22ClN3O. The number of rotatable bonds is 7. The molecule has 2 fully saturated rings. The summed E-state index contributed by atoms with van der Waals surface area (Å²) in [6, 6.07) is 1.74. The van der Waals surface area contributed by atoms with Crippen LogP contribution >= 0.6 is 11.6 Å². The normalized spacial score (nSPS) is 17.6. The summed E-state index contributed by atoms with van der Waals surface area (Å²) in [5, 5.41) is 3.60. The number of hydrogen-bond acceptors (Lipinski definition) is 3. The topological polar surface area (TPSA) is 45.2 Å². The number of pyridine rings is 1. The average Bonchev–Trinajstić information content (AvgIpc) is 3.35. The molecule has 0 radical (unpaired) electrons. The van der Waals surface area contributed by atoms with Crippen LogP contribution in [0.2, 0.25) is 5.02 Å². The quantitative estimate of drug-likeness (QED) is 0.839. The van der Waals surface area contributed by atoms with Crippen LogP contribution in [0.15, 0.2) is 12.3 Å². The molecule has 21 heavy (non-hydrogen) atoms. The fraction of sp³-hybridized carbons (Fsp3) is 0.625. The molecule has 1 N–H and O–H groups in total. The van der Waals surface area contributed by atoms with Gasteiger partial charge in [-0.3, -0.25) is 4.79 Å². The summed E-state index contributed by atoms with van der Waals surface area (Å²) >= 11 is 6.20. The molecule has 1 aromatic heterocycles. The molecule has 0 aromatic carbocycles. The molecule has 0 atom stereocenters. The molecule has 1 aromatic rings. The van der Waals surface area contributed by atoms with E-state index in [1.165, 1.54) is 25.7 Å². The van der Waals surface area contributed by atoms with E-state index in [-0.39, 0.29) is 5.91 Å². The van der Waals surface area contributed by atoms with Crippen molar-refractivity contribution in [3.8, 4) is 0 Å². The van der Waals surface area contributed by atoms with E-state index in [0.29, 0.717) is 28.2 Å². The number of anilines is 1. The lowest BCUT2D eigenvalue weighted by Gasteiger charge is -2.22. The van der Waals surface area contributed by atoms with Gasteiger partial charge >= 0.3 is 0 Å². The molecule has 2 aliphatic carbocycles. The van der Waals surface area contributed by atoms with Gasteiger partial charge in [0.25, 0.3) is 5.91 Å². The van der Waals surface area contributed by atoms with Gasteiger partial charge in [-0.1, -0.05) is 11.6 Å². The minimum atomic E-state index is 0.0752. The summed E-state index contributed by atoms with van der Waals surface area (Å²) < 4.78 is 0. The predicted molar refractivity (Wildman–Crippen MR) is 84.8 cm³/mol. The zero-order chi connectivity index (χ0) is 14.8. The smallest absolute Gasteiger partial charge is 0.255 e. The molecule has 5 heteroatoms. The Balaban J connectivity index is 1.72. The van der Waals surface area contributed by atoms with Gasteiger partial charge in [0.05, 0.1) is 10.6 Å². The highest BCUT2D eigenvalue weighted by Crippen LogP contribution is 2.34. The van der Waals surface area contributed by atoms with Gasteiger partial charge in [0.15, 0.2) is 0 Å². The number of carbonyl (C=O) groups is 1. The third kappa shape index (κ3) is 3.88. The van der Waals surface area contributed by atoms with Crippen molar-refractivity contribution in [3.05, 3.63) is 22.8 Å². The van der Waals surface area contributed by atoms with Gasteiger partial charge in [-0.25, -0.2) is 4.98 Å². The van der Waals surface area contributed by atoms with E-state index in [9.17, 15) is 4.79 Å². The Morgan fingerprint density at radius 1 is 1.33 bits per heavy atom. The van der Waals surface area contributed by atoms with Crippen LogP contribution in [0.3, 0.4) is 0 Å². The first-order valence-electron chi connectivity index (χ1n) is 7.86. The molecule has 0 bridgehead atoms. The van der Waals surface area contributed by atoms with E-state index in [0.717, 1.165) is 19.6 Å². The van der Waals surface area contributed by atoms with E-state index >= 15 is 0 Å². The van der Waals surface area contributed by atoms with Crippen LogP contribution in [0.25, 0.3) is 0 Å². The first-order chi connectivity index (χ1) is 10.2. The third-order valence-corrected chi connectivity index (χ3v) is 4.36. The minimum Gasteiger partial charge on any atom is -0.369 e. The summed E-state index contributed by atoms with van der Waals surface area (Å²) in [4.78, 5) is 19.0. The van der Waals surface area contributed by atoms with E-state index in [2.05, 4.69) is 10.3 Å². The molecule has 2 saturated carbocycles. The van der Waals surface area contributed by atoms with E-state index in [1.54, 1.807) is 12.3 Å². The molecule has 4 nitrogen and oxygen atoms in total. The highest BCUT2D eigenvalue weighted by molar-refractivity contribution is 6.33. The monoisotopic (exact) mass is 307 g/mol. The van der Waals surface area contributed by atoms with E-state index in [1.807, 2.05) is 11.8 Å². The number of amides is 1. The van der Waals surface area contributed by atoms with Crippen LogP contribution in [0.1, 0.15) is 43.0 Å². The van der Waals surface area contributed by atoms with Gasteiger partial charge < -0.3 is 10.2 Å². The lowest BCUT2D eigenvalue weighted by Crippen LogP contribution is -2.34. The maximum absolute atomic E-state index is 12.7. The van der Waals surface area contributed by atoms with Crippen LogP contribution < -0.4 is 5.32 Å². The highest BCUT2D eigenvalue weighted by atomic mass is 35.5. The van der Waals surface area contributed by atoms with Crippen LogP contribution in [0.4, 0.5) is 5.82 Å². The van der Waals surface area contributed by atoms with Crippen molar-refractivity contribution in [2.24, 2.45) is 11.8 Å². The number of halogens is 1. The molecule has 0 spiro atoms. The molecule has 3 rings (SSSR count). The van der Waals surface area contributed by atoms with Gasteiger partial charge in [-0.05, 0) is 50.5 Å². The predicted octanol–water partition coefficient (Wildman–Crippen LogP) is 3.43. The molecule has 2 aliphatic rings. The standard InChI is InChI=1S/C16H22ClN3O/c1-2-18-15-14(17)7-13(8-19-15)16(21)20(9-11-3-4-11)10-12-5-6-12/h7-8,11-12H,2-6,9-10H2,1H3,(H,18,19). The molecular weight excluding hydrogens is 286 g/mol. The zero-order valence-corrected chi connectivity index (χ0v) is 13.2. The van der Waals surface area contributed by atoms with E-state index in [4.69, 9.17) is 11.6 Å². The molecule has 114 valence electrons. The Kier molecular flexibility index (Phi) is 4.34. The Morgan fingerprint density at radius 3 is 2.43 bits per heavy atom. The second-order valence-electron chi connectivity index (χ2n) is 6.18. The largest absolute Gasteiger partial charge is 0.369 e. The maximum Gasteiger partial charge on any atom is 0.255 e. The molecule has 0 saturated heterocycles. The Morgan fingerprint density at radius 2 is 1.95 bits per heavy atom. The van der Waals surface area contributed by atoms with Crippen LogP contribution in [-0.2, 0) is 0 Å². The Bertz CT molecular complexity index is 512. The van der Waals surface area contributed by atoms with Crippen molar-refractivity contribution in [2.75, 3.05) is 25.0 Å². The maximum atomic E-state index is 12.7. The number of carbonyl (C=O) groups excluding carboxylic acids is 1. The lowest BCUT2D eigenvalue weighted by molar-refractivity contribution is 0.0739. The van der Waals surface area contributed by atoms with Crippen molar-refractivity contribution in [3.63, 3.8) is 0 Å². The molecule has 0 aliphatic heterocycles. The van der Waals surface area contributed by atoms with Gasteiger partial charge in [0.2, 0.25) is 0 Å². The van der Waals surface area contributed by atoms with Crippen molar-refractivity contribution >= 4 is 23.3 Å². The number of nitrogens with zero attached hydrogens (tertiary/aromatic N) is 2. The fourth-order valence-electron chi connectivity index (χ4n) is 2.50. The molecule has 1 amide bonds.